The Hall–Kier alpha value is -3.35. The van der Waals surface area contributed by atoms with Crippen LogP contribution in [-0.4, -0.2) is 25.0 Å². The summed E-state index contributed by atoms with van der Waals surface area (Å²) in [7, 11) is 0. The maximum Gasteiger partial charge on any atom is 0.461 e. The first-order valence-corrected chi connectivity index (χ1v) is 9.65. The Morgan fingerprint density at radius 1 is 0.935 bits per heavy atom. The fourth-order valence-electron chi connectivity index (χ4n) is 3.32. The SMILES string of the molecule is Cc1ccccc1C1=NC(c2ccc(-c3ccc(OC(F)(F)C(F)F)cc3)cc2)CO1. The van der Waals surface area contributed by atoms with Crippen LogP contribution in [0.5, 0.6) is 5.75 Å². The van der Waals surface area contributed by atoms with E-state index in [-0.39, 0.29) is 11.8 Å². The molecular weight excluding hydrogens is 410 g/mol. The van der Waals surface area contributed by atoms with E-state index in [4.69, 9.17) is 9.73 Å². The van der Waals surface area contributed by atoms with Crippen LogP contribution in [0, 0.1) is 6.92 Å². The first-order chi connectivity index (χ1) is 14.8. The van der Waals surface area contributed by atoms with Gasteiger partial charge >= 0.3 is 12.5 Å². The second kappa shape index (κ2) is 8.41. The van der Waals surface area contributed by atoms with Crippen LogP contribution in [0.4, 0.5) is 17.6 Å². The molecule has 0 aliphatic carbocycles. The van der Waals surface area contributed by atoms with Crippen molar-refractivity contribution in [3.05, 3.63) is 89.5 Å². The van der Waals surface area contributed by atoms with Gasteiger partial charge in [0.05, 0.1) is 0 Å². The fourth-order valence-corrected chi connectivity index (χ4v) is 3.32. The molecule has 31 heavy (non-hydrogen) atoms. The van der Waals surface area contributed by atoms with Crippen LogP contribution < -0.4 is 4.74 Å². The van der Waals surface area contributed by atoms with E-state index in [2.05, 4.69) is 4.74 Å². The van der Waals surface area contributed by atoms with Gasteiger partial charge in [0.25, 0.3) is 0 Å². The van der Waals surface area contributed by atoms with Crippen molar-refractivity contribution in [2.45, 2.75) is 25.5 Å². The number of benzene rings is 3. The molecule has 0 spiro atoms. The number of halogens is 4. The number of hydrogen-bond donors (Lipinski definition) is 0. The summed E-state index contributed by atoms with van der Waals surface area (Å²) in [4.78, 5) is 4.70. The minimum Gasteiger partial charge on any atom is -0.475 e. The van der Waals surface area contributed by atoms with Gasteiger partial charge in [-0.2, -0.15) is 17.6 Å². The van der Waals surface area contributed by atoms with E-state index in [1.165, 1.54) is 12.1 Å². The molecule has 0 saturated carbocycles. The minimum atomic E-state index is -4.52. The lowest BCUT2D eigenvalue weighted by Crippen LogP contribution is -2.33. The van der Waals surface area contributed by atoms with Crippen LogP contribution in [0.25, 0.3) is 11.1 Å². The third-order valence-electron chi connectivity index (χ3n) is 5.02. The summed E-state index contributed by atoms with van der Waals surface area (Å²) in [6.45, 7) is 2.46. The molecule has 0 aromatic heterocycles. The van der Waals surface area contributed by atoms with Crippen molar-refractivity contribution in [1.29, 1.82) is 0 Å². The Bertz CT molecular complexity index is 1080. The lowest BCUT2D eigenvalue weighted by Gasteiger charge is -2.17. The Kier molecular flexibility index (Phi) is 5.67. The van der Waals surface area contributed by atoms with Gasteiger partial charge in [-0.05, 0) is 47.4 Å². The van der Waals surface area contributed by atoms with Crippen molar-refractivity contribution in [2.75, 3.05) is 6.61 Å². The molecule has 1 heterocycles. The van der Waals surface area contributed by atoms with Gasteiger partial charge in [-0.1, -0.05) is 54.6 Å². The number of ether oxygens (including phenoxy) is 2. The zero-order valence-corrected chi connectivity index (χ0v) is 16.6. The van der Waals surface area contributed by atoms with Crippen LogP contribution in [0.3, 0.4) is 0 Å². The second-order valence-electron chi connectivity index (χ2n) is 7.19. The van der Waals surface area contributed by atoms with Crippen LogP contribution in [0.1, 0.15) is 22.7 Å². The van der Waals surface area contributed by atoms with E-state index in [9.17, 15) is 17.6 Å². The molecule has 3 aromatic carbocycles. The van der Waals surface area contributed by atoms with Gasteiger partial charge in [-0.3, -0.25) is 0 Å². The van der Waals surface area contributed by atoms with Gasteiger partial charge in [0.15, 0.2) is 0 Å². The highest BCUT2D eigenvalue weighted by atomic mass is 19.3. The van der Waals surface area contributed by atoms with Gasteiger partial charge in [-0.25, -0.2) is 4.99 Å². The molecule has 1 unspecified atom stereocenters. The lowest BCUT2D eigenvalue weighted by molar-refractivity contribution is -0.253. The smallest absolute Gasteiger partial charge is 0.461 e. The number of aryl methyl sites for hydroxylation is 1. The minimum absolute atomic E-state index is 0.115. The third kappa shape index (κ3) is 4.55. The molecule has 1 aliphatic rings. The third-order valence-corrected chi connectivity index (χ3v) is 5.02. The molecule has 3 nitrogen and oxygen atoms in total. The van der Waals surface area contributed by atoms with Crippen molar-refractivity contribution in [2.24, 2.45) is 4.99 Å². The van der Waals surface area contributed by atoms with E-state index < -0.39 is 12.5 Å². The van der Waals surface area contributed by atoms with Gasteiger partial charge in [0.2, 0.25) is 5.90 Å². The quantitative estimate of drug-likeness (QED) is 0.424. The zero-order chi connectivity index (χ0) is 22.0. The molecule has 0 amide bonds. The summed E-state index contributed by atoms with van der Waals surface area (Å²) in [6.07, 6.45) is -8.42. The van der Waals surface area contributed by atoms with Gasteiger partial charge in [0.1, 0.15) is 18.4 Å². The number of nitrogens with zero attached hydrogens (tertiary/aromatic N) is 1. The molecule has 160 valence electrons. The number of hydrogen-bond acceptors (Lipinski definition) is 3. The molecule has 4 rings (SSSR count). The topological polar surface area (TPSA) is 30.8 Å². The number of aliphatic imine (C=N–C) groups is 1. The molecule has 0 bridgehead atoms. The van der Waals surface area contributed by atoms with Crippen LogP contribution in [0.15, 0.2) is 77.8 Å². The summed E-state index contributed by atoms with van der Waals surface area (Å²) < 4.78 is 60.4. The maximum absolute atomic E-state index is 13.0. The molecule has 1 atom stereocenters. The highest BCUT2D eigenvalue weighted by molar-refractivity contribution is 5.96. The van der Waals surface area contributed by atoms with E-state index in [0.717, 1.165) is 27.8 Å². The highest BCUT2D eigenvalue weighted by Gasteiger charge is 2.43. The van der Waals surface area contributed by atoms with E-state index in [1.54, 1.807) is 12.1 Å². The molecule has 0 saturated heterocycles. The predicted molar refractivity (Wildman–Crippen MR) is 110 cm³/mol. The Morgan fingerprint density at radius 3 is 2.16 bits per heavy atom. The molecular formula is C24H19F4NO2. The highest BCUT2D eigenvalue weighted by Crippen LogP contribution is 2.31. The van der Waals surface area contributed by atoms with Crippen molar-refractivity contribution in [3.63, 3.8) is 0 Å². The fraction of sp³-hybridized carbons (Fsp3) is 0.208. The molecule has 7 heteroatoms. The van der Waals surface area contributed by atoms with Crippen LogP contribution in [-0.2, 0) is 4.74 Å². The maximum atomic E-state index is 13.0. The van der Waals surface area contributed by atoms with Gasteiger partial charge in [0, 0.05) is 5.56 Å². The van der Waals surface area contributed by atoms with Crippen molar-refractivity contribution in [3.8, 4) is 16.9 Å². The molecule has 3 aromatic rings. The normalized spacial score (nSPS) is 16.2. The standard InChI is InChI=1S/C24H19F4NO2/c1-15-4-2-3-5-20(15)22-29-21(14-30-22)18-8-6-16(7-9-18)17-10-12-19(13-11-17)31-24(27,28)23(25)26/h2-13,21,23H,14H2,1H3. The Morgan fingerprint density at radius 2 is 1.55 bits per heavy atom. The van der Waals surface area contributed by atoms with E-state index in [0.29, 0.717) is 12.5 Å². The number of rotatable bonds is 6. The molecule has 1 aliphatic heterocycles. The molecule has 0 radical (unpaired) electrons. The summed E-state index contributed by atoms with van der Waals surface area (Å²) >= 11 is 0. The van der Waals surface area contributed by atoms with Crippen LogP contribution in [0.2, 0.25) is 0 Å². The van der Waals surface area contributed by atoms with Gasteiger partial charge < -0.3 is 9.47 Å². The van der Waals surface area contributed by atoms with E-state index in [1.807, 2.05) is 55.5 Å². The average Bonchev–Trinajstić information content (AvgIpc) is 3.24. The second-order valence-corrected chi connectivity index (χ2v) is 7.19. The van der Waals surface area contributed by atoms with Crippen molar-refractivity contribution in [1.82, 2.24) is 0 Å². The molecule has 0 fully saturated rings. The van der Waals surface area contributed by atoms with E-state index >= 15 is 0 Å². The van der Waals surface area contributed by atoms with Crippen molar-refractivity contribution >= 4 is 5.90 Å². The average molecular weight is 429 g/mol. The molecule has 0 N–H and O–H groups in total. The summed E-state index contributed by atoms with van der Waals surface area (Å²) in [5, 5.41) is 0. The Labute approximate surface area is 177 Å². The Balaban J connectivity index is 1.47. The summed E-state index contributed by atoms with van der Waals surface area (Å²) in [6, 6.07) is 21.0. The van der Waals surface area contributed by atoms with Crippen molar-refractivity contribution < 1.29 is 27.0 Å². The first kappa shape index (κ1) is 20.9. The van der Waals surface area contributed by atoms with Gasteiger partial charge in [-0.15, -0.1) is 0 Å². The predicted octanol–water partition coefficient (Wildman–Crippen LogP) is 6.42. The largest absolute Gasteiger partial charge is 0.475 e. The lowest BCUT2D eigenvalue weighted by atomic mass is 10.0. The zero-order valence-electron chi connectivity index (χ0n) is 16.6. The number of alkyl halides is 4. The first-order valence-electron chi connectivity index (χ1n) is 9.65. The summed E-state index contributed by atoms with van der Waals surface area (Å²) in [5.74, 6) is 0.301. The monoisotopic (exact) mass is 429 g/mol. The van der Waals surface area contributed by atoms with Crippen LogP contribution >= 0.6 is 0 Å². The summed E-state index contributed by atoms with van der Waals surface area (Å²) in [5.41, 5.74) is 4.64.